The van der Waals surface area contributed by atoms with Gasteiger partial charge in [0.2, 0.25) is 0 Å². The van der Waals surface area contributed by atoms with Gasteiger partial charge in [-0.25, -0.2) is 8.42 Å². The van der Waals surface area contributed by atoms with E-state index < -0.39 is 15.1 Å². The fourth-order valence-corrected chi connectivity index (χ4v) is 6.62. The Morgan fingerprint density at radius 2 is 2.03 bits per heavy atom. The first kappa shape index (κ1) is 22.7. The Morgan fingerprint density at radius 3 is 2.69 bits per heavy atom. The molecule has 0 amide bonds. The molecule has 1 aromatic carbocycles. The van der Waals surface area contributed by atoms with Crippen molar-refractivity contribution in [2.75, 3.05) is 26.1 Å². The van der Waals surface area contributed by atoms with Gasteiger partial charge in [-0.1, -0.05) is 6.07 Å². The number of aromatic nitrogens is 1. The van der Waals surface area contributed by atoms with Gasteiger partial charge < -0.3 is 14.6 Å². The van der Waals surface area contributed by atoms with Crippen LogP contribution >= 0.6 is 0 Å². The van der Waals surface area contributed by atoms with Gasteiger partial charge in [0.15, 0.2) is 9.84 Å². The number of benzene rings is 1. The van der Waals surface area contributed by atoms with Crippen molar-refractivity contribution in [1.82, 2.24) is 4.98 Å². The van der Waals surface area contributed by atoms with E-state index in [4.69, 9.17) is 9.47 Å². The van der Waals surface area contributed by atoms with Crippen molar-refractivity contribution >= 4 is 21.5 Å². The number of aromatic hydroxyl groups is 1. The summed E-state index contributed by atoms with van der Waals surface area (Å²) in [6.45, 7) is 4.31. The Morgan fingerprint density at radius 1 is 1.28 bits per heavy atom. The van der Waals surface area contributed by atoms with Crippen LogP contribution in [0.15, 0.2) is 47.7 Å². The van der Waals surface area contributed by atoms with Crippen molar-refractivity contribution in [3.8, 4) is 5.75 Å². The van der Waals surface area contributed by atoms with Crippen LogP contribution in [-0.4, -0.2) is 55.9 Å². The van der Waals surface area contributed by atoms with E-state index in [2.05, 4.69) is 11.1 Å². The maximum Gasteiger partial charge on any atom is 0.163 e. The topological polar surface area (TPSA) is 85.7 Å². The van der Waals surface area contributed by atoms with E-state index >= 15 is 0 Å². The van der Waals surface area contributed by atoms with Crippen molar-refractivity contribution < 1.29 is 23.0 Å². The van der Waals surface area contributed by atoms with Gasteiger partial charge in [-0.15, -0.1) is 0 Å². The molecule has 32 heavy (non-hydrogen) atoms. The fourth-order valence-electron chi connectivity index (χ4n) is 4.70. The molecule has 0 saturated carbocycles. The second-order valence-corrected chi connectivity index (χ2v) is 10.7. The number of pyridine rings is 1. The molecule has 4 rings (SSSR count). The van der Waals surface area contributed by atoms with Gasteiger partial charge in [0.25, 0.3) is 0 Å². The quantitative estimate of drug-likeness (QED) is 0.638. The number of phenolic OH excluding ortho intramolecular Hbond substituents is 1. The number of sulfone groups is 1. The summed E-state index contributed by atoms with van der Waals surface area (Å²) in [6, 6.07) is 9.71. The zero-order chi connectivity index (χ0) is 22.9. The van der Waals surface area contributed by atoms with Crippen molar-refractivity contribution in [3.63, 3.8) is 0 Å². The summed E-state index contributed by atoms with van der Waals surface area (Å²) in [5.41, 5.74) is 6.28. The number of aryl methyl sites for hydroxylation is 2. The molecule has 1 saturated heterocycles. The number of allylic oxidation sites excluding steroid dienone is 1. The highest BCUT2D eigenvalue weighted by Crippen LogP contribution is 2.39. The molecular formula is C25H29NO5S. The molecule has 3 heterocycles. The summed E-state index contributed by atoms with van der Waals surface area (Å²) in [4.78, 5) is 4.53. The highest BCUT2D eigenvalue weighted by atomic mass is 32.2. The smallest absolute Gasteiger partial charge is 0.163 e. The molecular weight excluding hydrogens is 426 g/mol. The van der Waals surface area contributed by atoms with Gasteiger partial charge in [-0.3, -0.25) is 4.98 Å². The van der Waals surface area contributed by atoms with Crippen LogP contribution in [0.1, 0.15) is 35.2 Å². The van der Waals surface area contributed by atoms with E-state index in [0.29, 0.717) is 25.2 Å². The van der Waals surface area contributed by atoms with E-state index in [1.54, 1.807) is 13.3 Å². The van der Waals surface area contributed by atoms with Crippen LogP contribution in [0.25, 0.3) is 11.6 Å². The summed E-state index contributed by atoms with van der Waals surface area (Å²) in [5.74, 6) is 0.377. The summed E-state index contributed by atoms with van der Waals surface area (Å²) in [6.07, 6.45) is 4.95. The SMILES string of the molecule is COCC1=C2[C@@H](CC/C(=C/c3cc(C)c(O)c(C)c3)c3ccccn3)OC[C@@H]2S(=O)(=O)C1. The predicted molar refractivity (Wildman–Crippen MR) is 125 cm³/mol. The molecule has 2 aromatic rings. The van der Waals surface area contributed by atoms with Crippen molar-refractivity contribution in [2.45, 2.75) is 38.0 Å². The Labute approximate surface area is 189 Å². The number of nitrogens with zero attached hydrogens (tertiary/aromatic N) is 1. The molecule has 170 valence electrons. The molecule has 0 spiro atoms. The molecule has 0 radical (unpaired) electrons. The first-order valence-corrected chi connectivity index (χ1v) is 12.5. The van der Waals surface area contributed by atoms with Gasteiger partial charge in [-0.2, -0.15) is 0 Å². The molecule has 7 heteroatoms. The molecule has 0 aliphatic carbocycles. The number of fused-ring (bicyclic) bond motifs is 1. The van der Waals surface area contributed by atoms with Crippen LogP contribution in [0.3, 0.4) is 0 Å². The van der Waals surface area contributed by atoms with Gasteiger partial charge in [-0.05, 0) is 90.4 Å². The lowest BCUT2D eigenvalue weighted by atomic mass is 9.95. The molecule has 1 N–H and O–H groups in total. The van der Waals surface area contributed by atoms with E-state index in [1.807, 2.05) is 44.2 Å². The predicted octanol–water partition coefficient (Wildman–Crippen LogP) is 3.86. The first-order chi connectivity index (χ1) is 15.3. The molecule has 2 aliphatic heterocycles. The average molecular weight is 456 g/mol. The minimum absolute atomic E-state index is 0.0652. The van der Waals surface area contributed by atoms with Crippen LogP contribution < -0.4 is 0 Å². The fraction of sp³-hybridized carbons (Fsp3) is 0.400. The average Bonchev–Trinajstić information content (AvgIpc) is 3.30. The third-order valence-electron chi connectivity index (χ3n) is 6.20. The lowest BCUT2D eigenvalue weighted by molar-refractivity contribution is 0.118. The van der Waals surface area contributed by atoms with Gasteiger partial charge in [0.1, 0.15) is 11.0 Å². The van der Waals surface area contributed by atoms with E-state index in [-0.39, 0.29) is 18.5 Å². The minimum atomic E-state index is -3.21. The molecule has 0 bridgehead atoms. The lowest BCUT2D eigenvalue weighted by Crippen LogP contribution is -2.19. The molecule has 1 aromatic heterocycles. The highest BCUT2D eigenvalue weighted by molar-refractivity contribution is 7.92. The second-order valence-electron chi connectivity index (χ2n) is 8.54. The number of phenols is 1. The van der Waals surface area contributed by atoms with Crippen LogP contribution in [-0.2, 0) is 19.3 Å². The van der Waals surface area contributed by atoms with Crippen molar-refractivity contribution in [2.24, 2.45) is 0 Å². The summed E-state index contributed by atoms with van der Waals surface area (Å²) in [7, 11) is -1.63. The van der Waals surface area contributed by atoms with Crippen molar-refractivity contribution in [1.29, 1.82) is 0 Å². The number of hydrogen-bond acceptors (Lipinski definition) is 6. The molecule has 0 unspecified atom stereocenters. The molecule has 1 fully saturated rings. The summed E-state index contributed by atoms with van der Waals surface area (Å²) < 4.78 is 36.3. The van der Waals surface area contributed by atoms with Crippen LogP contribution in [0.2, 0.25) is 0 Å². The number of hydrogen-bond donors (Lipinski definition) is 1. The van der Waals surface area contributed by atoms with E-state index in [0.717, 1.165) is 39.1 Å². The first-order valence-electron chi connectivity index (χ1n) is 10.8. The Kier molecular flexibility index (Phi) is 6.51. The summed E-state index contributed by atoms with van der Waals surface area (Å²) >= 11 is 0. The minimum Gasteiger partial charge on any atom is -0.507 e. The van der Waals surface area contributed by atoms with Gasteiger partial charge in [0.05, 0.1) is 30.8 Å². The Bertz CT molecular complexity index is 1150. The largest absolute Gasteiger partial charge is 0.507 e. The van der Waals surface area contributed by atoms with Gasteiger partial charge in [0, 0.05) is 13.3 Å². The van der Waals surface area contributed by atoms with E-state index in [1.165, 1.54) is 0 Å². The maximum absolute atomic E-state index is 12.5. The maximum atomic E-state index is 12.5. The van der Waals surface area contributed by atoms with Crippen LogP contribution in [0, 0.1) is 13.8 Å². The number of methoxy groups -OCH3 is 1. The second kappa shape index (κ2) is 9.17. The molecule has 2 atom stereocenters. The Hall–Kier alpha value is -2.48. The third-order valence-corrected chi connectivity index (χ3v) is 8.21. The van der Waals surface area contributed by atoms with Crippen LogP contribution in [0.5, 0.6) is 5.75 Å². The van der Waals surface area contributed by atoms with Crippen molar-refractivity contribution in [3.05, 3.63) is 70.1 Å². The normalized spacial score (nSPS) is 22.4. The van der Waals surface area contributed by atoms with Gasteiger partial charge >= 0.3 is 0 Å². The standard InChI is InChI=1S/C25H29NO5S/c1-16-10-18(11-17(2)25(16)27)12-19(21-6-4-5-9-26-21)7-8-22-24-20(13-30-3)15-32(28,29)23(24)14-31-22/h4-6,9-12,22-23,27H,7-8,13-15H2,1-3H3/b19-12-/t22-,23+/m1/s1. The Balaban J connectivity index is 1.63. The lowest BCUT2D eigenvalue weighted by Gasteiger charge is -2.15. The van der Waals surface area contributed by atoms with Crippen LogP contribution in [0.4, 0.5) is 0 Å². The van der Waals surface area contributed by atoms with E-state index in [9.17, 15) is 13.5 Å². The molecule has 6 nitrogen and oxygen atoms in total. The highest BCUT2D eigenvalue weighted by Gasteiger charge is 2.46. The summed E-state index contributed by atoms with van der Waals surface area (Å²) in [5, 5.41) is 9.57. The third kappa shape index (κ3) is 4.51. The zero-order valence-electron chi connectivity index (χ0n) is 18.7. The number of ether oxygens (including phenoxy) is 2. The number of rotatable bonds is 7. The zero-order valence-corrected chi connectivity index (χ0v) is 19.5. The molecule has 2 aliphatic rings. The monoisotopic (exact) mass is 455 g/mol.